The molecule has 6 rings (SSSR count). The van der Waals surface area contributed by atoms with Gasteiger partial charge < -0.3 is 10.2 Å². The fourth-order valence-corrected chi connectivity index (χ4v) is 4.95. The van der Waals surface area contributed by atoms with Crippen LogP contribution >= 0.6 is 31.9 Å². The van der Waals surface area contributed by atoms with Crippen molar-refractivity contribution >= 4 is 37.6 Å². The van der Waals surface area contributed by atoms with Crippen molar-refractivity contribution in [3.05, 3.63) is 118 Å². The van der Waals surface area contributed by atoms with Crippen molar-refractivity contribution in [1.82, 2.24) is 29.5 Å². The summed E-state index contributed by atoms with van der Waals surface area (Å²) in [5.41, 5.74) is 1.63. The molecule has 11 heteroatoms. The van der Waals surface area contributed by atoms with E-state index in [1.54, 1.807) is 73.3 Å². The van der Waals surface area contributed by atoms with Gasteiger partial charge in [-0.2, -0.15) is 10.2 Å². The van der Waals surface area contributed by atoms with Crippen LogP contribution in [0.5, 0.6) is 11.5 Å². The number of phenols is 2. The first-order chi connectivity index (χ1) is 19.4. The molecule has 0 saturated carbocycles. The Morgan fingerprint density at radius 1 is 0.650 bits per heavy atom. The number of carbonyl (C=O) groups is 1. The topological polar surface area (TPSA) is 119 Å². The molecule has 0 amide bonds. The van der Waals surface area contributed by atoms with E-state index in [9.17, 15) is 15.0 Å². The Bertz CT molecular complexity index is 1740. The number of ketones is 1. The molecule has 40 heavy (non-hydrogen) atoms. The number of pyridine rings is 2. The van der Waals surface area contributed by atoms with Crippen LogP contribution in [0.25, 0.3) is 34.2 Å². The maximum absolute atomic E-state index is 14.4. The third-order valence-electron chi connectivity index (χ3n) is 6.11. The third-order valence-corrected chi connectivity index (χ3v) is 7.10. The summed E-state index contributed by atoms with van der Waals surface area (Å²) in [6.45, 7) is 0. The number of phenolic OH excluding ortho intramolecular Hbond substituents is 2. The summed E-state index contributed by atoms with van der Waals surface area (Å²) >= 11 is 6.89. The molecule has 4 heterocycles. The third kappa shape index (κ3) is 4.80. The van der Waals surface area contributed by atoms with Gasteiger partial charge in [0, 0.05) is 44.9 Å². The summed E-state index contributed by atoms with van der Waals surface area (Å²) in [7, 11) is 0. The van der Waals surface area contributed by atoms with E-state index in [1.807, 2.05) is 12.1 Å². The highest BCUT2D eigenvalue weighted by molar-refractivity contribution is 9.10. The molecule has 0 saturated heterocycles. The number of rotatable bonds is 6. The van der Waals surface area contributed by atoms with Gasteiger partial charge in [-0.25, -0.2) is 19.3 Å². The molecule has 0 bridgehead atoms. The zero-order chi connectivity index (χ0) is 27.8. The molecule has 2 N–H and O–H groups in total. The van der Waals surface area contributed by atoms with E-state index >= 15 is 0 Å². The van der Waals surface area contributed by atoms with E-state index in [0.717, 1.165) is 0 Å². The zero-order valence-electron chi connectivity index (χ0n) is 20.5. The van der Waals surface area contributed by atoms with Crippen LogP contribution in [0, 0.1) is 0 Å². The maximum atomic E-state index is 14.4. The molecule has 6 aromatic rings. The van der Waals surface area contributed by atoms with Gasteiger partial charge in [-0.1, -0.05) is 44.0 Å². The fraction of sp³-hybridized carbons (Fsp3) is 0. The first-order valence-corrected chi connectivity index (χ1v) is 13.5. The van der Waals surface area contributed by atoms with Gasteiger partial charge in [0.2, 0.25) is 5.78 Å². The number of halogens is 2. The highest BCUT2D eigenvalue weighted by atomic mass is 79.9. The molecule has 9 nitrogen and oxygen atoms in total. The molecule has 0 aliphatic heterocycles. The average Bonchev–Trinajstić information content (AvgIpc) is 3.62. The van der Waals surface area contributed by atoms with E-state index < -0.39 is 5.78 Å². The van der Waals surface area contributed by atoms with Crippen molar-refractivity contribution in [1.29, 1.82) is 0 Å². The number of benzene rings is 2. The summed E-state index contributed by atoms with van der Waals surface area (Å²) in [6.07, 6.45) is 6.39. The molecule has 0 fully saturated rings. The van der Waals surface area contributed by atoms with Crippen LogP contribution in [0.3, 0.4) is 0 Å². The minimum Gasteiger partial charge on any atom is -0.507 e. The summed E-state index contributed by atoms with van der Waals surface area (Å²) < 4.78 is 4.38. The van der Waals surface area contributed by atoms with Gasteiger partial charge in [-0.15, -0.1) is 0 Å². The van der Waals surface area contributed by atoms with Crippen molar-refractivity contribution in [2.45, 2.75) is 0 Å². The monoisotopic (exact) mass is 656 g/mol. The average molecular weight is 658 g/mol. The largest absolute Gasteiger partial charge is 0.507 e. The Hall–Kier alpha value is -4.61. The molecule has 0 atom stereocenters. The lowest BCUT2D eigenvalue weighted by molar-refractivity contribution is 0.104. The van der Waals surface area contributed by atoms with Crippen LogP contribution in [0.15, 0.2) is 107 Å². The second-order valence-corrected chi connectivity index (χ2v) is 10.5. The van der Waals surface area contributed by atoms with Crippen molar-refractivity contribution in [2.75, 3.05) is 0 Å². The van der Waals surface area contributed by atoms with Gasteiger partial charge in [-0.3, -0.25) is 4.79 Å². The van der Waals surface area contributed by atoms with Gasteiger partial charge in [0.1, 0.15) is 22.9 Å². The highest BCUT2D eigenvalue weighted by Gasteiger charge is 2.28. The van der Waals surface area contributed by atoms with Gasteiger partial charge in [-0.05, 0) is 60.7 Å². The standard InChI is InChI=1S/C29H18Br2N6O3/c30-17-7-9-23(38)19(13-17)27-21(15-36(34-27)25-5-1-3-11-32-25)29(40)22-16-37(26-6-2-4-12-33-26)35-28(22)20-14-18(31)8-10-24(20)39/h1-16,38-39H. The Morgan fingerprint density at radius 3 is 1.50 bits per heavy atom. The van der Waals surface area contributed by atoms with E-state index in [0.29, 0.717) is 31.7 Å². The van der Waals surface area contributed by atoms with Gasteiger partial charge in [0.15, 0.2) is 11.6 Å². The van der Waals surface area contributed by atoms with E-state index in [2.05, 4.69) is 52.0 Å². The number of hydrogen-bond donors (Lipinski definition) is 2. The molecule has 4 aromatic heterocycles. The first kappa shape index (κ1) is 25.7. The predicted molar refractivity (Wildman–Crippen MR) is 156 cm³/mol. The summed E-state index contributed by atoms with van der Waals surface area (Å²) in [5, 5.41) is 30.8. The van der Waals surface area contributed by atoms with Gasteiger partial charge in [0.05, 0.1) is 11.1 Å². The van der Waals surface area contributed by atoms with Crippen molar-refractivity contribution in [3.8, 4) is 45.6 Å². The molecular formula is C29H18Br2N6O3. The number of carbonyl (C=O) groups excluding carboxylic acids is 1. The summed E-state index contributed by atoms with van der Waals surface area (Å²) in [6, 6.07) is 20.5. The van der Waals surface area contributed by atoms with Crippen LogP contribution in [0.2, 0.25) is 0 Å². The lowest BCUT2D eigenvalue weighted by Gasteiger charge is -2.07. The molecule has 0 spiro atoms. The minimum atomic E-state index is -0.423. The molecular weight excluding hydrogens is 640 g/mol. The lowest BCUT2D eigenvalue weighted by atomic mass is 9.97. The fourth-order valence-electron chi connectivity index (χ4n) is 4.23. The van der Waals surface area contributed by atoms with Crippen molar-refractivity contribution in [3.63, 3.8) is 0 Å². The molecule has 0 unspecified atom stereocenters. The Balaban J connectivity index is 1.59. The smallest absolute Gasteiger partial charge is 0.200 e. The summed E-state index contributed by atoms with van der Waals surface area (Å²) in [5.74, 6) is 0.473. The van der Waals surface area contributed by atoms with Crippen LogP contribution in [-0.2, 0) is 0 Å². The zero-order valence-corrected chi connectivity index (χ0v) is 23.7. The van der Waals surface area contributed by atoms with Gasteiger partial charge in [0.25, 0.3) is 0 Å². The Morgan fingerprint density at radius 2 is 1.10 bits per heavy atom. The Labute approximate surface area is 244 Å². The number of nitrogens with zero attached hydrogens (tertiary/aromatic N) is 6. The quantitative estimate of drug-likeness (QED) is 0.200. The SMILES string of the molecule is O=C(c1cn(-c2ccccn2)nc1-c1cc(Br)ccc1O)c1cn(-c2ccccn2)nc1-c1cc(Br)ccc1O. The van der Waals surface area contributed by atoms with Crippen LogP contribution < -0.4 is 0 Å². The van der Waals surface area contributed by atoms with Gasteiger partial charge >= 0.3 is 0 Å². The second-order valence-electron chi connectivity index (χ2n) is 8.70. The molecule has 0 aliphatic carbocycles. The number of aromatic nitrogens is 6. The predicted octanol–water partition coefficient (Wildman–Crippen LogP) is 6.35. The second kappa shape index (κ2) is 10.5. The lowest BCUT2D eigenvalue weighted by Crippen LogP contribution is -2.03. The van der Waals surface area contributed by atoms with Crippen LogP contribution in [-0.4, -0.2) is 45.5 Å². The molecule has 0 aliphatic rings. The van der Waals surface area contributed by atoms with Crippen LogP contribution in [0.4, 0.5) is 0 Å². The Kier molecular flexibility index (Phi) is 6.74. The van der Waals surface area contributed by atoms with Crippen molar-refractivity contribution < 1.29 is 15.0 Å². The summed E-state index contributed by atoms with van der Waals surface area (Å²) in [4.78, 5) is 23.1. The molecule has 2 aromatic carbocycles. The van der Waals surface area contributed by atoms with E-state index in [-0.39, 0.29) is 34.0 Å². The minimum absolute atomic E-state index is 0.0439. The van der Waals surface area contributed by atoms with Crippen molar-refractivity contribution in [2.24, 2.45) is 0 Å². The maximum Gasteiger partial charge on any atom is 0.200 e. The first-order valence-electron chi connectivity index (χ1n) is 11.9. The van der Waals surface area contributed by atoms with E-state index in [4.69, 9.17) is 0 Å². The van der Waals surface area contributed by atoms with Crippen LogP contribution in [0.1, 0.15) is 15.9 Å². The van der Waals surface area contributed by atoms with E-state index in [1.165, 1.54) is 21.5 Å². The molecule has 0 radical (unpaired) electrons. The number of aromatic hydroxyl groups is 2. The molecule has 196 valence electrons. The highest BCUT2D eigenvalue weighted by Crippen LogP contribution is 2.38. The number of hydrogen-bond acceptors (Lipinski definition) is 7. The normalized spacial score (nSPS) is 11.1.